The first-order chi connectivity index (χ1) is 13.8. The lowest BCUT2D eigenvalue weighted by atomic mass is 10.0. The van der Waals surface area contributed by atoms with Gasteiger partial charge in [-0.05, 0) is 30.7 Å². The van der Waals surface area contributed by atoms with E-state index in [2.05, 4.69) is 31.6 Å². The van der Waals surface area contributed by atoms with Gasteiger partial charge in [0.1, 0.15) is 13.2 Å². The lowest BCUT2D eigenvalue weighted by molar-refractivity contribution is -0.870. The molecule has 0 saturated carbocycles. The van der Waals surface area contributed by atoms with Crippen LogP contribution in [0.3, 0.4) is 0 Å². The molecule has 1 aliphatic carbocycles. The molecule has 0 spiro atoms. The van der Waals surface area contributed by atoms with Crippen molar-refractivity contribution >= 4 is 22.7 Å². The van der Waals surface area contributed by atoms with Crippen molar-refractivity contribution in [3.63, 3.8) is 0 Å². The third kappa shape index (κ3) is 5.10. The van der Waals surface area contributed by atoms with Crippen molar-refractivity contribution in [2.24, 2.45) is 4.99 Å². The molecule has 8 heteroatoms. The van der Waals surface area contributed by atoms with Crippen LogP contribution in [-0.2, 0) is 4.79 Å². The summed E-state index contributed by atoms with van der Waals surface area (Å²) in [5.74, 6) is 0.366. The maximum Gasteiger partial charge on any atom is 0.260 e. The number of carbonyl (C=O) groups is 1. The SMILES string of the molecule is CC1=C/C(=N\c2c(OCC[N+](C)(C)C)nn3ccccc23)C(NCCO)=CC1=O. The molecule has 2 aromatic rings. The number of rotatable bonds is 8. The smallest absolute Gasteiger partial charge is 0.260 e. The van der Waals surface area contributed by atoms with Crippen LogP contribution in [0.2, 0.25) is 0 Å². The summed E-state index contributed by atoms with van der Waals surface area (Å²) in [4.78, 5) is 16.9. The molecule has 2 N–H and O–H groups in total. The summed E-state index contributed by atoms with van der Waals surface area (Å²) in [7, 11) is 6.31. The van der Waals surface area contributed by atoms with E-state index in [1.54, 1.807) is 17.5 Å². The topological polar surface area (TPSA) is 88.2 Å². The Morgan fingerprint density at radius 3 is 2.79 bits per heavy atom. The van der Waals surface area contributed by atoms with E-state index in [4.69, 9.17) is 14.8 Å². The number of carbonyl (C=O) groups excluding carboxylic acids is 1. The van der Waals surface area contributed by atoms with Crippen molar-refractivity contribution in [2.75, 3.05) is 47.4 Å². The molecule has 0 atom stereocenters. The predicted molar refractivity (Wildman–Crippen MR) is 113 cm³/mol. The molecule has 2 heterocycles. The van der Waals surface area contributed by atoms with Gasteiger partial charge in [0.2, 0.25) is 0 Å². The number of fused-ring (bicyclic) bond motifs is 1. The minimum absolute atomic E-state index is 0.0440. The van der Waals surface area contributed by atoms with Gasteiger partial charge in [0.15, 0.2) is 11.5 Å². The number of aliphatic hydroxyl groups is 1. The van der Waals surface area contributed by atoms with Crippen molar-refractivity contribution < 1.29 is 19.1 Å². The van der Waals surface area contributed by atoms with E-state index in [0.717, 1.165) is 16.5 Å². The number of aromatic nitrogens is 2. The van der Waals surface area contributed by atoms with Crippen molar-refractivity contribution in [3.05, 3.63) is 47.8 Å². The third-order valence-corrected chi connectivity index (χ3v) is 4.44. The second-order valence-corrected chi connectivity index (χ2v) is 7.94. The molecule has 0 saturated heterocycles. The lowest BCUT2D eigenvalue weighted by Gasteiger charge is -2.23. The number of allylic oxidation sites excluding steroid dienone is 3. The number of aliphatic imine (C=N–C) groups is 1. The molecule has 0 fully saturated rings. The van der Waals surface area contributed by atoms with Crippen molar-refractivity contribution in [2.45, 2.75) is 6.92 Å². The second kappa shape index (κ2) is 8.59. The maximum absolute atomic E-state index is 12.1. The fraction of sp³-hybridized carbons (Fsp3) is 0.381. The summed E-state index contributed by atoms with van der Waals surface area (Å²) >= 11 is 0. The summed E-state index contributed by atoms with van der Waals surface area (Å²) in [5.41, 5.74) is 3.19. The summed E-state index contributed by atoms with van der Waals surface area (Å²) in [5, 5.41) is 16.7. The third-order valence-electron chi connectivity index (χ3n) is 4.44. The molecule has 0 unspecified atom stereocenters. The molecule has 0 radical (unpaired) electrons. The van der Waals surface area contributed by atoms with Crippen LogP contribution in [0.25, 0.3) is 5.52 Å². The highest BCUT2D eigenvalue weighted by Crippen LogP contribution is 2.33. The van der Waals surface area contributed by atoms with Gasteiger partial charge in [0.05, 0.1) is 44.7 Å². The molecular formula is C21H28N5O3+. The van der Waals surface area contributed by atoms with E-state index < -0.39 is 0 Å². The summed E-state index contributed by atoms with van der Waals surface area (Å²) in [6.45, 7) is 3.36. The Morgan fingerprint density at radius 2 is 2.07 bits per heavy atom. The first-order valence-corrected chi connectivity index (χ1v) is 9.57. The molecule has 0 bridgehead atoms. The van der Waals surface area contributed by atoms with Crippen LogP contribution in [0.4, 0.5) is 5.69 Å². The number of pyridine rings is 1. The predicted octanol–water partition coefficient (Wildman–Crippen LogP) is 1.49. The summed E-state index contributed by atoms with van der Waals surface area (Å²) in [6.07, 6.45) is 5.09. The molecule has 154 valence electrons. The highest BCUT2D eigenvalue weighted by atomic mass is 16.5. The van der Waals surface area contributed by atoms with Crippen LogP contribution < -0.4 is 10.1 Å². The van der Waals surface area contributed by atoms with Gasteiger partial charge >= 0.3 is 0 Å². The van der Waals surface area contributed by atoms with Crippen LogP contribution in [0.1, 0.15) is 6.92 Å². The van der Waals surface area contributed by atoms with Gasteiger partial charge in [0.25, 0.3) is 5.88 Å². The van der Waals surface area contributed by atoms with Gasteiger partial charge in [-0.1, -0.05) is 6.07 Å². The van der Waals surface area contributed by atoms with Gasteiger partial charge in [-0.3, -0.25) is 4.79 Å². The minimum Gasteiger partial charge on any atom is -0.469 e. The van der Waals surface area contributed by atoms with E-state index in [1.807, 2.05) is 24.4 Å². The van der Waals surface area contributed by atoms with Crippen LogP contribution >= 0.6 is 0 Å². The average molecular weight is 398 g/mol. The quantitative estimate of drug-likeness (QED) is 0.520. The summed E-state index contributed by atoms with van der Waals surface area (Å²) < 4.78 is 8.49. The normalized spacial score (nSPS) is 16.2. The van der Waals surface area contributed by atoms with Crippen LogP contribution in [-0.4, -0.2) is 78.1 Å². The first-order valence-electron chi connectivity index (χ1n) is 9.57. The number of ether oxygens (including phenoxy) is 1. The van der Waals surface area contributed by atoms with Crippen LogP contribution in [0.15, 0.2) is 52.8 Å². The zero-order chi connectivity index (χ0) is 21.0. The zero-order valence-electron chi connectivity index (χ0n) is 17.3. The number of quaternary nitrogens is 1. The van der Waals surface area contributed by atoms with Gasteiger partial charge in [0, 0.05) is 18.8 Å². The Morgan fingerprint density at radius 1 is 1.28 bits per heavy atom. The largest absolute Gasteiger partial charge is 0.469 e. The van der Waals surface area contributed by atoms with Crippen molar-refractivity contribution in [1.29, 1.82) is 0 Å². The van der Waals surface area contributed by atoms with Gasteiger partial charge < -0.3 is 19.6 Å². The number of nitrogens with one attached hydrogen (secondary N) is 1. The number of likely N-dealkylation sites (N-methyl/N-ethyl adjacent to an activating group) is 1. The van der Waals surface area contributed by atoms with Gasteiger partial charge in [-0.25, -0.2) is 9.51 Å². The number of aliphatic hydroxyl groups excluding tert-OH is 1. The molecule has 1 aliphatic rings. The lowest BCUT2D eigenvalue weighted by Crippen LogP contribution is -2.38. The molecule has 2 aromatic heterocycles. The maximum atomic E-state index is 12.1. The molecule has 3 rings (SSSR count). The second-order valence-electron chi connectivity index (χ2n) is 7.94. The van der Waals surface area contributed by atoms with Crippen LogP contribution in [0, 0.1) is 0 Å². The van der Waals surface area contributed by atoms with E-state index >= 15 is 0 Å². The first kappa shape index (κ1) is 20.8. The number of hydrogen-bond acceptors (Lipinski definition) is 6. The Labute approximate surface area is 170 Å². The average Bonchev–Trinajstić information content (AvgIpc) is 3.00. The van der Waals surface area contributed by atoms with Crippen LogP contribution in [0.5, 0.6) is 5.88 Å². The number of nitrogens with zero attached hydrogens (tertiary/aromatic N) is 4. The van der Waals surface area contributed by atoms with Gasteiger partial charge in [-0.2, -0.15) is 0 Å². The standard InChI is InChI=1S/C21H27N5O3/c1-15-13-17(16(14-19(15)28)22-8-11-27)23-20-18-7-5-6-9-25(18)24-21(20)29-12-10-26(2,3)4/h5-7,9,13-14,27H,8,10-12H2,1-4H3/p+1/b23-17+. The van der Waals surface area contributed by atoms with E-state index in [9.17, 15) is 4.79 Å². The summed E-state index contributed by atoms with van der Waals surface area (Å²) in [6, 6.07) is 5.74. The molecule has 29 heavy (non-hydrogen) atoms. The van der Waals surface area contributed by atoms with E-state index in [1.165, 1.54) is 6.08 Å². The Bertz CT molecular complexity index is 995. The monoisotopic (exact) mass is 398 g/mol. The Balaban J connectivity index is 2.01. The molecule has 8 nitrogen and oxygen atoms in total. The molecule has 0 amide bonds. The molecule has 0 aliphatic heterocycles. The fourth-order valence-corrected chi connectivity index (χ4v) is 2.80. The van der Waals surface area contributed by atoms with Crippen molar-refractivity contribution in [1.82, 2.24) is 14.9 Å². The highest BCUT2D eigenvalue weighted by Gasteiger charge is 2.20. The Kier molecular flexibility index (Phi) is 6.14. The minimum atomic E-state index is -0.0799. The fourth-order valence-electron chi connectivity index (χ4n) is 2.80. The molecule has 0 aromatic carbocycles. The van der Waals surface area contributed by atoms with E-state index in [-0.39, 0.29) is 12.4 Å². The Hall–Kier alpha value is -2.97. The van der Waals surface area contributed by atoms with E-state index in [0.29, 0.717) is 41.7 Å². The number of ketones is 1. The zero-order valence-corrected chi connectivity index (χ0v) is 17.3. The van der Waals surface area contributed by atoms with Crippen molar-refractivity contribution in [3.8, 4) is 5.88 Å². The highest BCUT2D eigenvalue weighted by molar-refractivity contribution is 6.22. The number of hydrogen-bond donors (Lipinski definition) is 2. The van der Waals surface area contributed by atoms with Gasteiger partial charge in [-0.15, -0.1) is 5.10 Å². The molecular weight excluding hydrogens is 370 g/mol.